The molecule has 0 unspecified atom stereocenters. The van der Waals surface area contributed by atoms with Crippen molar-refractivity contribution in [2.75, 3.05) is 29.1 Å². The molecule has 7 heteroatoms. The molecule has 1 aliphatic heterocycles. The van der Waals surface area contributed by atoms with Crippen LogP contribution >= 0.6 is 0 Å². The Kier molecular flexibility index (Phi) is 5.41. The average Bonchev–Trinajstić information content (AvgIpc) is 2.66. The summed E-state index contributed by atoms with van der Waals surface area (Å²) in [6, 6.07) is 13.6. The lowest BCUT2D eigenvalue weighted by molar-refractivity contribution is -0.119. The minimum Gasteiger partial charge on any atom is -0.497 e. The number of aryl methyl sites for hydroxylation is 1. The first kappa shape index (κ1) is 19.2. The van der Waals surface area contributed by atoms with E-state index < -0.39 is 16.1 Å². The van der Waals surface area contributed by atoms with Crippen molar-refractivity contribution < 1.29 is 17.9 Å². The Hall–Kier alpha value is -2.54. The molecule has 1 heterocycles. The van der Waals surface area contributed by atoms with Gasteiger partial charge in [-0.3, -0.25) is 9.10 Å². The number of carbonyl (C=O) groups is 1. The number of hydrogen-bond donors (Lipinski definition) is 0. The van der Waals surface area contributed by atoms with Gasteiger partial charge >= 0.3 is 0 Å². The molecular formula is C20H24N2O4S. The first-order valence-corrected chi connectivity index (χ1v) is 10.7. The van der Waals surface area contributed by atoms with E-state index in [1.807, 2.05) is 24.3 Å². The summed E-state index contributed by atoms with van der Waals surface area (Å²) in [5.74, 6) is 0.388. The molecule has 3 rings (SSSR count). The van der Waals surface area contributed by atoms with Gasteiger partial charge in [-0.2, -0.15) is 0 Å². The van der Waals surface area contributed by atoms with Crippen LogP contribution in [0, 0.1) is 0 Å². The largest absolute Gasteiger partial charge is 0.497 e. The van der Waals surface area contributed by atoms with E-state index in [0.717, 1.165) is 30.3 Å². The fraction of sp³-hybridized carbons (Fsp3) is 0.350. The molecule has 0 radical (unpaired) electrons. The van der Waals surface area contributed by atoms with Crippen LogP contribution in [0.15, 0.2) is 48.5 Å². The van der Waals surface area contributed by atoms with Crippen molar-refractivity contribution in [2.45, 2.75) is 25.8 Å². The summed E-state index contributed by atoms with van der Waals surface area (Å²) in [5, 5.41) is 0. The van der Waals surface area contributed by atoms with E-state index in [9.17, 15) is 13.2 Å². The van der Waals surface area contributed by atoms with Gasteiger partial charge in [-0.25, -0.2) is 8.42 Å². The van der Waals surface area contributed by atoms with E-state index in [-0.39, 0.29) is 5.91 Å². The van der Waals surface area contributed by atoms with Crippen molar-refractivity contribution >= 4 is 27.3 Å². The molecule has 0 aliphatic carbocycles. The molecule has 0 N–H and O–H groups in total. The number of anilines is 2. The molecule has 0 spiro atoms. The molecule has 1 atom stereocenters. The van der Waals surface area contributed by atoms with Gasteiger partial charge in [0.05, 0.1) is 19.1 Å². The van der Waals surface area contributed by atoms with Gasteiger partial charge in [0.1, 0.15) is 11.8 Å². The second-order valence-corrected chi connectivity index (χ2v) is 8.51. The molecule has 0 saturated carbocycles. The van der Waals surface area contributed by atoms with E-state index in [0.29, 0.717) is 18.0 Å². The van der Waals surface area contributed by atoms with Crippen molar-refractivity contribution in [3.63, 3.8) is 0 Å². The third-order valence-corrected chi connectivity index (χ3v) is 6.01. The van der Waals surface area contributed by atoms with Crippen molar-refractivity contribution in [1.29, 1.82) is 0 Å². The van der Waals surface area contributed by atoms with Gasteiger partial charge in [0.2, 0.25) is 10.0 Å². The Bertz CT molecular complexity index is 925. The number of benzene rings is 2. The summed E-state index contributed by atoms with van der Waals surface area (Å²) in [6.07, 6.45) is 2.89. The van der Waals surface area contributed by atoms with Gasteiger partial charge in [0.15, 0.2) is 0 Å². The molecular weight excluding hydrogens is 364 g/mol. The van der Waals surface area contributed by atoms with Crippen LogP contribution in [-0.2, 0) is 21.2 Å². The molecule has 0 fully saturated rings. The third kappa shape index (κ3) is 3.93. The molecule has 0 aromatic heterocycles. The Balaban J connectivity index is 1.95. The topological polar surface area (TPSA) is 66.9 Å². The highest BCUT2D eigenvalue weighted by molar-refractivity contribution is 7.92. The molecule has 6 nitrogen and oxygen atoms in total. The summed E-state index contributed by atoms with van der Waals surface area (Å²) >= 11 is 0. The van der Waals surface area contributed by atoms with Crippen LogP contribution in [0.1, 0.15) is 18.9 Å². The zero-order chi connectivity index (χ0) is 19.6. The second-order valence-electron chi connectivity index (χ2n) is 6.65. The van der Waals surface area contributed by atoms with Gasteiger partial charge in [0.25, 0.3) is 5.91 Å². The van der Waals surface area contributed by atoms with E-state index in [2.05, 4.69) is 0 Å². The first-order chi connectivity index (χ1) is 12.8. The zero-order valence-corrected chi connectivity index (χ0v) is 16.6. The van der Waals surface area contributed by atoms with E-state index in [4.69, 9.17) is 4.74 Å². The monoisotopic (exact) mass is 388 g/mol. The predicted octanol–water partition coefficient (Wildman–Crippen LogP) is 2.83. The molecule has 144 valence electrons. The van der Waals surface area contributed by atoms with Gasteiger partial charge in [-0.05, 0) is 55.7 Å². The van der Waals surface area contributed by atoms with E-state index in [1.54, 1.807) is 43.2 Å². The molecule has 2 aromatic rings. The Morgan fingerprint density at radius 1 is 1.15 bits per heavy atom. The number of methoxy groups -OCH3 is 1. The summed E-state index contributed by atoms with van der Waals surface area (Å²) in [4.78, 5) is 14.9. The number of fused-ring (bicyclic) bond motifs is 1. The number of carbonyl (C=O) groups excluding carboxylic acids is 1. The Morgan fingerprint density at radius 3 is 2.44 bits per heavy atom. The molecule has 0 bridgehead atoms. The van der Waals surface area contributed by atoms with Gasteiger partial charge in [-0.15, -0.1) is 0 Å². The van der Waals surface area contributed by atoms with Gasteiger partial charge < -0.3 is 9.64 Å². The lowest BCUT2D eigenvalue weighted by atomic mass is 10.0. The number of sulfonamides is 1. The molecule has 2 aromatic carbocycles. The van der Waals surface area contributed by atoms with Crippen LogP contribution in [0.25, 0.3) is 0 Å². The number of nitrogens with zero attached hydrogens (tertiary/aromatic N) is 2. The van der Waals surface area contributed by atoms with E-state index in [1.165, 1.54) is 4.31 Å². The third-order valence-electron chi connectivity index (χ3n) is 4.77. The maximum atomic E-state index is 13.2. The van der Waals surface area contributed by atoms with E-state index >= 15 is 0 Å². The average molecular weight is 388 g/mol. The summed E-state index contributed by atoms with van der Waals surface area (Å²) in [7, 11) is -2.11. The lowest BCUT2D eigenvalue weighted by Gasteiger charge is -2.35. The zero-order valence-electron chi connectivity index (χ0n) is 15.8. The maximum absolute atomic E-state index is 13.2. The quantitative estimate of drug-likeness (QED) is 0.790. The molecule has 1 aliphatic rings. The van der Waals surface area contributed by atoms with Crippen LogP contribution in [0.4, 0.5) is 11.4 Å². The normalized spacial score (nSPS) is 15.0. The fourth-order valence-corrected chi connectivity index (χ4v) is 4.69. The standard InChI is InChI=1S/C20H24N2O4S/c1-15(20(23)21-14-6-8-16-7-4-5-9-19(16)21)22(27(3,24)25)17-10-12-18(26-2)13-11-17/h4-5,7,9-13,15H,6,8,14H2,1-3H3/t15-/m0/s1. The number of ether oxygens (including phenoxy) is 1. The Morgan fingerprint density at radius 2 is 1.81 bits per heavy atom. The minimum atomic E-state index is -3.65. The van der Waals surface area contributed by atoms with Gasteiger partial charge in [-0.1, -0.05) is 18.2 Å². The predicted molar refractivity (Wildman–Crippen MR) is 107 cm³/mol. The molecule has 0 saturated heterocycles. The maximum Gasteiger partial charge on any atom is 0.250 e. The van der Waals surface area contributed by atoms with Crippen molar-refractivity contribution in [1.82, 2.24) is 0 Å². The van der Waals surface area contributed by atoms with Crippen LogP contribution in [0.2, 0.25) is 0 Å². The minimum absolute atomic E-state index is 0.233. The molecule has 1 amide bonds. The Labute approximate surface area is 160 Å². The lowest BCUT2D eigenvalue weighted by Crippen LogP contribution is -2.50. The van der Waals surface area contributed by atoms with Crippen LogP contribution in [0.3, 0.4) is 0 Å². The van der Waals surface area contributed by atoms with Crippen LogP contribution in [-0.4, -0.2) is 40.3 Å². The SMILES string of the molecule is COc1ccc(N([C@@H](C)C(=O)N2CCCc3ccccc32)S(C)(=O)=O)cc1. The number of rotatable bonds is 5. The number of hydrogen-bond acceptors (Lipinski definition) is 4. The number of amides is 1. The summed E-state index contributed by atoms with van der Waals surface area (Å²) in [6.45, 7) is 2.21. The highest BCUT2D eigenvalue weighted by Crippen LogP contribution is 2.30. The summed E-state index contributed by atoms with van der Waals surface area (Å²) in [5.41, 5.74) is 2.41. The van der Waals surface area contributed by atoms with Gasteiger partial charge in [0, 0.05) is 12.2 Å². The second kappa shape index (κ2) is 7.60. The molecule has 27 heavy (non-hydrogen) atoms. The number of para-hydroxylation sites is 1. The first-order valence-electron chi connectivity index (χ1n) is 8.85. The van der Waals surface area contributed by atoms with Crippen molar-refractivity contribution in [2.24, 2.45) is 0 Å². The summed E-state index contributed by atoms with van der Waals surface area (Å²) < 4.78 is 31.3. The highest BCUT2D eigenvalue weighted by Gasteiger charge is 2.34. The smallest absolute Gasteiger partial charge is 0.250 e. The van der Waals surface area contributed by atoms with Crippen LogP contribution in [0.5, 0.6) is 5.75 Å². The van der Waals surface area contributed by atoms with Crippen molar-refractivity contribution in [3.8, 4) is 5.75 Å². The van der Waals surface area contributed by atoms with Crippen molar-refractivity contribution in [3.05, 3.63) is 54.1 Å². The fourth-order valence-electron chi connectivity index (χ4n) is 3.52. The highest BCUT2D eigenvalue weighted by atomic mass is 32.2. The van der Waals surface area contributed by atoms with Crippen LogP contribution < -0.4 is 13.9 Å².